The average molecular weight is 642 g/mol. The van der Waals surface area contributed by atoms with Gasteiger partial charge in [0.2, 0.25) is 0 Å². The average Bonchev–Trinajstić information content (AvgIpc) is 3.09. The normalized spacial score (nSPS) is 16.9. The molecule has 0 amide bonds. The van der Waals surface area contributed by atoms with Gasteiger partial charge in [0.15, 0.2) is 12.2 Å². The van der Waals surface area contributed by atoms with Gasteiger partial charge < -0.3 is 34.5 Å². The van der Waals surface area contributed by atoms with E-state index >= 15 is 0 Å². The fourth-order valence-corrected chi connectivity index (χ4v) is 5.19. The van der Waals surface area contributed by atoms with Crippen molar-refractivity contribution >= 4 is 23.5 Å². The van der Waals surface area contributed by atoms with Crippen LogP contribution in [0.2, 0.25) is 0 Å². The number of carbonyl (C=O) groups is 3. The molecule has 5 rings (SSSR count). The number of aliphatic carboxylic acids is 2. The van der Waals surface area contributed by atoms with Gasteiger partial charge in [0.25, 0.3) is 0 Å². The molecule has 0 saturated carbocycles. The highest BCUT2D eigenvalue weighted by Crippen LogP contribution is 2.24. The van der Waals surface area contributed by atoms with Gasteiger partial charge in [0.1, 0.15) is 12.4 Å². The van der Waals surface area contributed by atoms with Crippen molar-refractivity contribution < 1.29 is 48.5 Å². The van der Waals surface area contributed by atoms with Crippen LogP contribution < -0.4 is 10.0 Å². The number of rotatable bonds is 12. The van der Waals surface area contributed by atoms with Crippen LogP contribution in [0.25, 0.3) is 5.57 Å². The molecule has 1 unspecified atom stereocenters. The molecule has 0 fully saturated rings. The van der Waals surface area contributed by atoms with Crippen molar-refractivity contribution in [3.63, 3.8) is 0 Å². The number of aliphatic hydroxyl groups excluding tert-OH is 1. The Morgan fingerprint density at radius 3 is 1.96 bits per heavy atom. The van der Waals surface area contributed by atoms with E-state index in [2.05, 4.69) is 30.3 Å². The Balaban J connectivity index is 0.000000214. The number of nitrogens with one attached hydrogen (secondary N) is 1. The summed E-state index contributed by atoms with van der Waals surface area (Å²) in [5, 5.41) is 30.3. The first-order valence-corrected chi connectivity index (χ1v) is 15.0. The third kappa shape index (κ3) is 10.4. The summed E-state index contributed by atoms with van der Waals surface area (Å²) < 4.78 is 23.0. The number of aliphatic hydroxyl groups is 1. The molecule has 47 heavy (non-hydrogen) atoms. The van der Waals surface area contributed by atoms with E-state index in [4.69, 9.17) is 9.47 Å². The van der Waals surface area contributed by atoms with Gasteiger partial charge in [0.05, 0.1) is 43.8 Å². The van der Waals surface area contributed by atoms with E-state index in [1.54, 1.807) is 60.7 Å². The molecule has 0 saturated heterocycles. The second-order valence-electron chi connectivity index (χ2n) is 10.9. The summed E-state index contributed by atoms with van der Waals surface area (Å²) in [5.74, 6) is -4.53. The molecule has 0 aliphatic carbocycles. The quantitative estimate of drug-likeness (QED) is 0.201. The third-order valence-corrected chi connectivity index (χ3v) is 7.55. The van der Waals surface area contributed by atoms with Crippen LogP contribution in [0.15, 0.2) is 121 Å². The topological polar surface area (TPSA) is 138 Å². The Labute approximate surface area is 272 Å². The molecule has 1 aliphatic heterocycles. The van der Waals surface area contributed by atoms with Crippen LogP contribution in [0.3, 0.4) is 0 Å². The predicted molar refractivity (Wildman–Crippen MR) is 169 cm³/mol. The lowest BCUT2D eigenvalue weighted by atomic mass is 9.89. The highest BCUT2D eigenvalue weighted by molar-refractivity contribution is 5.92. The molecule has 0 spiro atoms. The standard InChI is InChI=1S/C19H20FNO.C18H16O7/c20-18-8-6-16(7-9-18)19-10-11-21(13-17(19)14-22)12-15-4-2-1-3-5-15;19-16(20)14(24-11-12-7-3-1-4-8-12)15(17(21)22)25-18(23)13-9-5-2-6-10-13/h1-10,17,22H,11-14H2;1-10,14-15H,11H2,(H,19,20)(H,21,22)/t17-;14-,15-/m11/s1. The SMILES string of the molecule is O=C(O[C@@H](C(=O)[O-])[C@@H](OCc1ccccc1)C(=O)O)c1ccccc1.OC[C@H]1C[NH+](Cc2ccccc2)CC=C1c1ccc(F)cc1. The number of esters is 1. The van der Waals surface area contributed by atoms with Gasteiger partial charge in [-0.1, -0.05) is 91.0 Å². The van der Waals surface area contributed by atoms with Gasteiger partial charge in [-0.05, 0) is 47.0 Å². The van der Waals surface area contributed by atoms with Gasteiger partial charge in [-0.3, -0.25) is 0 Å². The summed E-state index contributed by atoms with van der Waals surface area (Å²) in [6.45, 7) is 2.75. The monoisotopic (exact) mass is 641 g/mol. The fraction of sp³-hybridized carbons (Fsp3) is 0.216. The Morgan fingerprint density at radius 2 is 1.40 bits per heavy atom. The Hall–Kier alpha value is -5.16. The third-order valence-electron chi connectivity index (χ3n) is 7.55. The molecule has 4 aromatic rings. The van der Waals surface area contributed by atoms with Crippen LogP contribution in [0, 0.1) is 11.7 Å². The summed E-state index contributed by atoms with van der Waals surface area (Å²) in [6.07, 6.45) is -1.80. The highest BCUT2D eigenvalue weighted by atomic mass is 19.1. The van der Waals surface area contributed by atoms with Crippen molar-refractivity contribution in [1.29, 1.82) is 0 Å². The van der Waals surface area contributed by atoms with Gasteiger partial charge in [-0.15, -0.1) is 0 Å². The lowest BCUT2D eigenvalue weighted by Crippen LogP contribution is -3.12. The molecule has 3 N–H and O–H groups in total. The maximum absolute atomic E-state index is 13.1. The molecule has 9 nitrogen and oxygen atoms in total. The molecule has 10 heteroatoms. The lowest BCUT2D eigenvalue weighted by molar-refractivity contribution is -0.912. The zero-order valence-corrected chi connectivity index (χ0v) is 25.5. The molecule has 4 aromatic carbocycles. The Kier molecular flexibility index (Phi) is 12.9. The maximum Gasteiger partial charge on any atom is 0.338 e. The smallest absolute Gasteiger partial charge is 0.338 e. The van der Waals surface area contributed by atoms with Crippen molar-refractivity contribution in [2.45, 2.75) is 25.4 Å². The first kappa shape index (κ1) is 34.7. The van der Waals surface area contributed by atoms with Crippen LogP contribution in [0.4, 0.5) is 4.39 Å². The van der Waals surface area contributed by atoms with Crippen molar-refractivity contribution in [3.8, 4) is 0 Å². The molecular weight excluding hydrogens is 605 g/mol. The van der Waals surface area contributed by atoms with Gasteiger partial charge in [-0.2, -0.15) is 0 Å². The minimum Gasteiger partial charge on any atom is -0.546 e. The number of benzene rings is 4. The van der Waals surface area contributed by atoms with Crippen LogP contribution in [-0.4, -0.2) is 60.0 Å². The summed E-state index contributed by atoms with van der Waals surface area (Å²) in [5.41, 5.74) is 4.19. The Morgan fingerprint density at radius 1 is 0.830 bits per heavy atom. The molecular formula is C37H36FNO8. The number of carbonyl (C=O) groups excluding carboxylic acids is 2. The second kappa shape index (κ2) is 17.5. The van der Waals surface area contributed by atoms with Crippen LogP contribution >= 0.6 is 0 Å². The summed E-state index contributed by atoms with van der Waals surface area (Å²) >= 11 is 0. The molecule has 1 heterocycles. The van der Waals surface area contributed by atoms with E-state index in [1.165, 1.54) is 34.7 Å². The minimum atomic E-state index is -2.09. The molecule has 0 aromatic heterocycles. The number of ether oxygens (including phenoxy) is 2. The molecule has 0 radical (unpaired) electrons. The highest BCUT2D eigenvalue weighted by Gasteiger charge is 2.34. The number of quaternary nitrogens is 1. The van der Waals surface area contributed by atoms with E-state index in [1.807, 2.05) is 6.07 Å². The Bertz CT molecular complexity index is 1610. The lowest BCUT2D eigenvalue weighted by Gasteiger charge is -2.29. The minimum absolute atomic E-state index is 0.0842. The second-order valence-corrected chi connectivity index (χ2v) is 10.9. The largest absolute Gasteiger partial charge is 0.546 e. The number of carboxylic acid groups (broad SMARTS) is 2. The van der Waals surface area contributed by atoms with Crippen molar-refractivity contribution in [2.75, 3.05) is 19.7 Å². The van der Waals surface area contributed by atoms with Crippen LogP contribution in [-0.2, 0) is 32.2 Å². The van der Waals surface area contributed by atoms with E-state index in [9.17, 15) is 34.1 Å². The first-order chi connectivity index (χ1) is 22.7. The summed E-state index contributed by atoms with van der Waals surface area (Å²) in [4.78, 5) is 36.1. The first-order valence-electron chi connectivity index (χ1n) is 15.0. The van der Waals surface area contributed by atoms with Crippen molar-refractivity contribution in [1.82, 2.24) is 0 Å². The molecule has 1 aliphatic rings. The summed E-state index contributed by atoms with van der Waals surface area (Å²) in [7, 11) is 0. The van der Waals surface area contributed by atoms with E-state index in [-0.39, 0.29) is 30.5 Å². The van der Waals surface area contributed by atoms with Gasteiger partial charge in [0, 0.05) is 5.56 Å². The predicted octanol–water partition coefficient (Wildman–Crippen LogP) is 2.55. The number of hydrogen-bond acceptors (Lipinski definition) is 7. The maximum atomic E-state index is 13.1. The van der Waals surface area contributed by atoms with E-state index in [0.717, 1.165) is 30.8 Å². The van der Waals surface area contributed by atoms with Gasteiger partial charge >= 0.3 is 11.9 Å². The fourth-order valence-electron chi connectivity index (χ4n) is 5.19. The van der Waals surface area contributed by atoms with Crippen molar-refractivity contribution in [3.05, 3.63) is 149 Å². The number of carboxylic acids is 2. The van der Waals surface area contributed by atoms with E-state index in [0.29, 0.717) is 5.56 Å². The van der Waals surface area contributed by atoms with E-state index < -0.39 is 30.1 Å². The number of hydrogen-bond donors (Lipinski definition) is 3. The van der Waals surface area contributed by atoms with Crippen LogP contribution in [0.5, 0.6) is 0 Å². The van der Waals surface area contributed by atoms with Crippen LogP contribution in [0.1, 0.15) is 27.0 Å². The molecule has 0 bridgehead atoms. The molecule has 4 atom stereocenters. The van der Waals surface area contributed by atoms with Crippen molar-refractivity contribution in [2.24, 2.45) is 5.92 Å². The molecule has 244 valence electrons. The number of halogens is 1. The zero-order chi connectivity index (χ0) is 33.6. The summed E-state index contributed by atoms with van der Waals surface area (Å²) in [6, 6.07) is 33.2. The zero-order valence-electron chi connectivity index (χ0n) is 25.5. The van der Waals surface area contributed by atoms with Gasteiger partial charge in [-0.25, -0.2) is 14.0 Å².